The molecule has 1 N–H and O–H groups in total. The van der Waals surface area contributed by atoms with Crippen molar-refractivity contribution in [1.82, 2.24) is 0 Å². The van der Waals surface area contributed by atoms with Crippen molar-refractivity contribution >= 4 is 17.4 Å². The van der Waals surface area contributed by atoms with E-state index in [4.69, 9.17) is 11.6 Å². The van der Waals surface area contributed by atoms with E-state index in [-0.39, 0.29) is 5.78 Å². The highest BCUT2D eigenvalue weighted by atomic mass is 35.5. The number of halogens is 1. The van der Waals surface area contributed by atoms with Gasteiger partial charge in [-0.1, -0.05) is 44.2 Å². The van der Waals surface area contributed by atoms with Crippen molar-refractivity contribution < 1.29 is 9.90 Å². The molecule has 0 aliphatic carbocycles. The minimum atomic E-state index is -0.857. The lowest BCUT2D eigenvalue weighted by Gasteiger charge is -2.17. The second-order valence-corrected chi connectivity index (χ2v) is 4.80. The highest BCUT2D eigenvalue weighted by Crippen LogP contribution is 2.17. The zero-order valence-electron chi connectivity index (χ0n) is 9.56. The van der Waals surface area contributed by atoms with E-state index in [2.05, 4.69) is 0 Å². The number of hydrogen-bond acceptors (Lipinski definition) is 2. The van der Waals surface area contributed by atoms with Crippen LogP contribution in [-0.2, 0) is 0 Å². The molecule has 1 aromatic rings. The van der Waals surface area contributed by atoms with Crippen molar-refractivity contribution in [2.75, 3.05) is 0 Å². The number of benzene rings is 1. The zero-order valence-corrected chi connectivity index (χ0v) is 10.3. The van der Waals surface area contributed by atoms with Gasteiger partial charge < -0.3 is 5.11 Å². The van der Waals surface area contributed by atoms with Gasteiger partial charge in [-0.25, -0.2) is 0 Å². The lowest BCUT2D eigenvalue weighted by molar-refractivity contribution is 0.0860. The predicted molar refractivity (Wildman–Crippen MR) is 65.9 cm³/mol. The number of aliphatic hydroxyl groups is 1. The summed E-state index contributed by atoms with van der Waals surface area (Å²) in [6.45, 7) is 3.97. The second kappa shape index (κ2) is 6.02. The van der Waals surface area contributed by atoms with Crippen LogP contribution in [0, 0.1) is 5.92 Å². The summed E-state index contributed by atoms with van der Waals surface area (Å²) in [5.41, 5.74) is 0.547. The molecule has 16 heavy (non-hydrogen) atoms. The second-order valence-electron chi connectivity index (χ2n) is 4.33. The maximum absolute atomic E-state index is 11.9. The molecule has 0 aromatic heterocycles. The Labute approximate surface area is 101 Å². The minimum absolute atomic E-state index is 0.213. The molecule has 2 atom stereocenters. The number of alkyl halides is 1. The summed E-state index contributed by atoms with van der Waals surface area (Å²) < 4.78 is 0. The summed E-state index contributed by atoms with van der Waals surface area (Å²) in [6, 6.07) is 8.82. The van der Waals surface area contributed by atoms with E-state index in [0.717, 1.165) is 0 Å². The smallest absolute Gasteiger partial charge is 0.183 e. The Kier molecular flexibility index (Phi) is 4.97. The van der Waals surface area contributed by atoms with Gasteiger partial charge in [0.1, 0.15) is 5.38 Å². The Balaban J connectivity index is 2.67. The van der Waals surface area contributed by atoms with Gasteiger partial charge in [0, 0.05) is 5.56 Å². The minimum Gasteiger partial charge on any atom is -0.391 e. The first-order valence-corrected chi connectivity index (χ1v) is 5.87. The van der Waals surface area contributed by atoms with Crippen LogP contribution in [0.5, 0.6) is 0 Å². The first kappa shape index (κ1) is 13.2. The van der Waals surface area contributed by atoms with Crippen molar-refractivity contribution in [2.45, 2.75) is 31.7 Å². The third-order valence-electron chi connectivity index (χ3n) is 2.36. The van der Waals surface area contributed by atoms with Crippen LogP contribution in [0.4, 0.5) is 0 Å². The largest absolute Gasteiger partial charge is 0.391 e. The van der Waals surface area contributed by atoms with Crippen molar-refractivity contribution in [3.05, 3.63) is 35.9 Å². The number of Topliss-reactive ketones (excluding diaryl/α,β-unsaturated/α-hetero) is 1. The van der Waals surface area contributed by atoms with E-state index < -0.39 is 11.5 Å². The van der Waals surface area contributed by atoms with Crippen LogP contribution in [0.2, 0.25) is 0 Å². The van der Waals surface area contributed by atoms with Gasteiger partial charge in [0.05, 0.1) is 6.10 Å². The van der Waals surface area contributed by atoms with Gasteiger partial charge in [0.15, 0.2) is 5.78 Å². The Morgan fingerprint density at radius 3 is 2.38 bits per heavy atom. The van der Waals surface area contributed by atoms with E-state index in [1.165, 1.54) is 0 Å². The summed E-state index contributed by atoms with van der Waals surface area (Å²) >= 11 is 5.96. The fourth-order valence-electron chi connectivity index (χ4n) is 1.54. The molecule has 0 bridgehead atoms. The molecule has 0 amide bonds. The first-order chi connectivity index (χ1) is 7.52. The number of ketones is 1. The Hall–Kier alpha value is -0.860. The molecule has 2 unspecified atom stereocenters. The molecule has 2 nitrogen and oxygen atoms in total. The standard InChI is InChI=1S/C13H17ClO2/c1-9(2)8-11(15)12(14)13(16)10-6-4-3-5-7-10/h3-7,9,11-12,15H,8H2,1-2H3. The van der Waals surface area contributed by atoms with Gasteiger partial charge >= 0.3 is 0 Å². The Morgan fingerprint density at radius 2 is 1.88 bits per heavy atom. The molecule has 1 aromatic carbocycles. The summed E-state index contributed by atoms with van der Waals surface area (Å²) in [7, 11) is 0. The van der Waals surface area contributed by atoms with E-state index in [0.29, 0.717) is 17.9 Å². The number of aliphatic hydroxyl groups excluding tert-OH is 1. The molecule has 88 valence electrons. The summed E-state index contributed by atoms with van der Waals surface area (Å²) in [6.07, 6.45) is -0.249. The summed E-state index contributed by atoms with van der Waals surface area (Å²) in [4.78, 5) is 11.9. The third-order valence-corrected chi connectivity index (χ3v) is 2.85. The number of carbonyl (C=O) groups excluding carboxylic acids is 1. The molecule has 1 rings (SSSR count). The van der Waals surface area contributed by atoms with Crippen LogP contribution in [0.1, 0.15) is 30.6 Å². The molecule has 0 aliphatic rings. The van der Waals surface area contributed by atoms with E-state index in [1.54, 1.807) is 24.3 Å². The van der Waals surface area contributed by atoms with Gasteiger partial charge in [-0.05, 0) is 12.3 Å². The topological polar surface area (TPSA) is 37.3 Å². The van der Waals surface area contributed by atoms with Crippen LogP contribution in [0.25, 0.3) is 0 Å². The summed E-state index contributed by atoms with van der Waals surface area (Å²) in [5, 5.41) is 8.91. The first-order valence-electron chi connectivity index (χ1n) is 5.43. The van der Waals surface area contributed by atoms with E-state index in [1.807, 2.05) is 19.9 Å². The van der Waals surface area contributed by atoms with E-state index >= 15 is 0 Å². The molecule has 0 saturated carbocycles. The molecule has 3 heteroatoms. The van der Waals surface area contributed by atoms with Crippen molar-refractivity contribution in [3.63, 3.8) is 0 Å². The van der Waals surface area contributed by atoms with Gasteiger partial charge in [0.2, 0.25) is 0 Å². The molecule has 0 radical (unpaired) electrons. The molecule has 0 heterocycles. The third kappa shape index (κ3) is 3.62. The molecular weight excluding hydrogens is 224 g/mol. The van der Waals surface area contributed by atoms with Crippen LogP contribution in [0.3, 0.4) is 0 Å². The summed E-state index contributed by atoms with van der Waals surface area (Å²) in [5.74, 6) is 0.107. The van der Waals surface area contributed by atoms with Crippen molar-refractivity contribution in [3.8, 4) is 0 Å². The molecular formula is C13H17ClO2. The Morgan fingerprint density at radius 1 is 1.31 bits per heavy atom. The molecule has 0 saturated heterocycles. The highest BCUT2D eigenvalue weighted by Gasteiger charge is 2.25. The lowest BCUT2D eigenvalue weighted by atomic mass is 9.98. The number of rotatable bonds is 5. The lowest BCUT2D eigenvalue weighted by Crippen LogP contribution is -2.30. The fourth-order valence-corrected chi connectivity index (χ4v) is 1.77. The molecule has 0 aliphatic heterocycles. The highest BCUT2D eigenvalue weighted by molar-refractivity contribution is 6.34. The SMILES string of the molecule is CC(C)CC(O)C(Cl)C(=O)c1ccccc1. The van der Waals surface area contributed by atoms with Crippen LogP contribution in [-0.4, -0.2) is 22.4 Å². The van der Waals surface area contributed by atoms with Gasteiger partial charge in [-0.2, -0.15) is 0 Å². The maximum atomic E-state index is 11.9. The van der Waals surface area contributed by atoms with Crippen LogP contribution < -0.4 is 0 Å². The quantitative estimate of drug-likeness (QED) is 0.635. The van der Waals surface area contributed by atoms with Crippen LogP contribution in [0.15, 0.2) is 30.3 Å². The van der Waals surface area contributed by atoms with Gasteiger partial charge in [-0.3, -0.25) is 4.79 Å². The average Bonchev–Trinajstić information content (AvgIpc) is 2.27. The maximum Gasteiger partial charge on any atom is 0.183 e. The van der Waals surface area contributed by atoms with Crippen LogP contribution >= 0.6 is 11.6 Å². The molecule has 0 fully saturated rings. The normalized spacial score (nSPS) is 14.8. The number of hydrogen-bond donors (Lipinski definition) is 1. The zero-order chi connectivity index (χ0) is 12.1. The predicted octanol–water partition coefficient (Wildman–Crippen LogP) is 2.88. The van der Waals surface area contributed by atoms with Gasteiger partial charge in [-0.15, -0.1) is 11.6 Å². The van der Waals surface area contributed by atoms with Crippen molar-refractivity contribution in [1.29, 1.82) is 0 Å². The van der Waals surface area contributed by atoms with E-state index in [9.17, 15) is 9.90 Å². The fraction of sp³-hybridized carbons (Fsp3) is 0.462. The van der Waals surface area contributed by atoms with Gasteiger partial charge in [0.25, 0.3) is 0 Å². The molecule has 0 spiro atoms. The Bertz CT molecular complexity index is 335. The average molecular weight is 241 g/mol. The monoisotopic (exact) mass is 240 g/mol. The van der Waals surface area contributed by atoms with Crippen molar-refractivity contribution in [2.24, 2.45) is 5.92 Å². The number of carbonyl (C=O) groups is 1.